The van der Waals surface area contributed by atoms with Crippen molar-refractivity contribution in [2.24, 2.45) is 0 Å². The van der Waals surface area contributed by atoms with Gasteiger partial charge < -0.3 is 0 Å². The zero-order valence-electron chi connectivity index (χ0n) is 13.5. The highest BCUT2D eigenvalue weighted by atomic mass is 32.2. The van der Waals surface area contributed by atoms with Crippen LogP contribution in [0.25, 0.3) is 0 Å². The van der Waals surface area contributed by atoms with E-state index in [1.165, 1.54) is 12.1 Å². The average molecular weight is 392 g/mol. The number of alkyl halides is 2. The van der Waals surface area contributed by atoms with Crippen LogP contribution in [0.5, 0.6) is 0 Å². The highest BCUT2D eigenvalue weighted by Crippen LogP contribution is 2.21. The van der Waals surface area contributed by atoms with E-state index in [0.29, 0.717) is 13.1 Å². The Morgan fingerprint density at radius 2 is 1.81 bits per heavy atom. The minimum absolute atomic E-state index is 0.110. The summed E-state index contributed by atoms with van der Waals surface area (Å²) in [4.78, 5) is 1.49. The minimum atomic E-state index is -3.93. The Morgan fingerprint density at radius 1 is 1.12 bits per heavy atom. The van der Waals surface area contributed by atoms with Gasteiger partial charge >= 0.3 is 6.55 Å². The lowest BCUT2D eigenvalue weighted by Crippen LogP contribution is -2.48. The lowest BCUT2D eigenvalue weighted by molar-refractivity contribution is 0.0563. The van der Waals surface area contributed by atoms with Gasteiger partial charge in [0.2, 0.25) is 10.0 Å². The number of hydrogen-bond donors (Lipinski definition) is 0. The molecule has 1 aromatic heterocycles. The summed E-state index contributed by atoms with van der Waals surface area (Å²) in [6.07, 6.45) is 1.67. The molecular formula is C15H16F4N4O2S. The van der Waals surface area contributed by atoms with E-state index >= 15 is 0 Å². The van der Waals surface area contributed by atoms with Gasteiger partial charge in [0.1, 0.15) is 4.90 Å². The zero-order chi connectivity index (χ0) is 18.9. The van der Waals surface area contributed by atoms with Crippen LogP contribution in [-0.4, -0.2) is 53.6 Å². The maximum Gasteiger partial charge on any atom is 0.333 e. The van der Waals surface area contributed by atoms with Crippen LogP contribution in [0.1, 0.15) is 12.1 Å². The third-order valence-corrected chi connectivity index (χ3v) is 6.02. The Hall–Kier alpha value is -1.98. The minimum Gasteiger partial charge on any atom is -0.296 e. The molecule has 0 aliphatic carbocycles. The molecule has 1 aromatic carbocycles. The van der Waals surface area contributed by atoms with Gasteiger partial charge in [-0.15, -0.1) is 0 Å². The molecule has 0 saturated carbocycles. The molecule has 0 atom stereocenters. The van der Waals surface area contributed by atoms with E-state index in [0.717, 1.165) is 22.8 Å². The highest BCUT2D eigenvalue weighted by Gasteiger charge is 2.30. The van der Waals surface area contributed by atoms with Crippen LogP contribution in [-0.2, 0) is 16.6 Å². The monoisotopic (exact) mass is 392 g/mol. The SMILES string of the molecule is O=S(=O)(c1cnn(C(F)F)c1)N1CCN(Cc2cccc(F)c2F)CC1. The summed E-state index contributed by atoms with van der Waals surface area (Å²) < 4.78 is 78.5. The Bertz CT molecular complexity index is 880. The van der Waals surface area contributed by atoms with E-state index in [9.17, 15) is 26.0 Å². The summed E-state index contributed by atoms with van der Waals surface area (Å²) in [6, 6.07) is 3.91. The molecule has 0 bridgehead atoms. The second-order valence-corrected chi connectivity index (χ2v) is 7.76. The first-order chi connectivity index (χ1) is 12.3. The van der Waals surface area contributed by atoms with E-state index in [4.69, 9.17) is 0 Å². The van der Waals surface area contributed by atoms with Crippen molar-refractivity contribution in [3.63, 3.8) is 0 Å². The summed E-state index contributed by atoms with van der Waals surface area (Å²) in [5, 5.41) is 3.34. The highest BCUT2D eigenvalue weighted by molar-refractivity contribution is 7.89. The molecule has 2 heterocycles. The summed E-state index contributed by atoms with van der Waals surface area (Å²) >= 11 is 0. The molecule has 1 saturated heterocycles. The third-order valence-electron chi connectivity index (χ3n) is 4.17. The van der Waals surface area contributed by atoms with Crippen LogP contribution in [0.4, 0.5) is 17.6 Å². The fourth-order valence-electron chi connectivity index (χ4n) is 2.75. The normalized spacial score (nSPS) is 17.1. The number of rotatable bonds is 5. The van der Waals surface area contributed by atoms with Crippen molar-refractivity contribution >= 4 is 10.0 Å². The first kappa shape index (κ1) is 18.8. The molecule has 0 N–H and O–H groups in total. The number of sulfonamides is 1. The van der Waals surface area contributed by atoms with Crippen molar-refractivity contribution in [3.8, 4) is 0 Å². The fourth-order valence-corrected chi connectivity index (χ4v) is 4.11. The molecule has 6 nitrogen and oxygen atoms in total. The summed E-state index contributed by atoms with van der Waals surface area (Å²) in [5.41, 5.74) is 0.194. The van der Waals surface area contributed by atoms with Crippen molar-refractivity contribution < 1.29 is 26.0 Å². The average Bonchev–Trinajstić information content (AvgIpc) is 3.11. The molecule has 2 aromatic rings. The van der Waals surface area contributed by atoms with Crippen LogP contribution in [0.3, 0.4) is 0 Å². The van der Waals surface area contributed by atoms with Crippen LogP contribution in [0.2, 0.25) is 0 Å². The van der Waals surface area contributed by atoms with E-state index in [1.807, 2.05) is 0 Å². The van der Waals surface area contributed by atoms with E-state index in [2.05, 4.69) is 5.10 Å². The van der Waals surface area contributed by atoms with Gasteiger partial charge in [-0.1, -0.05) is 12.1 Å². The van der Waals surface area contributed by atoms with Gasteiger partial charge in [-0.05, 0) is 6.07 Å². The van der Waals surface area contributed by atoms with E-state index < -0.39 is 28.2 Å². The van der Waals surface area contributed by atoms with Gasteiger partial charge in [0.25, 0.3) is 0 Å². The second kappa shape index (κ2) is 7.33. The molecular weight excluding hydrogens is 376 g/mol. The third kappa shape index (κ3) is 3.74. The summed E-state index contributed by atoms with van der Waals surface area (Å²) in [5.74, 6) is -1.85. The van der Waals surface area contributed by atoms with Gasteiger partial charge in [-0.25, -0.2) is 21.9 Å². The second-order valence-electron chi connectivity index (χ2n) is 5.83. The molecule has 1 fully saturated rings. The maximum atomic E-state index is 13.7. The van der Waals surface area contributed by atoms with Crippen molar-refractivity contribution in [1.82, 2.24) is 19.0 Å². The lowest BCUT2D eigenvalue weighted by Gasteiger charge is -2.33. The molecule has 1 aliphatic rings. The molecule has 0 unspecified atom stereocenters. The number of benzene rings is 1. The molecule has 0 radical (unpaired) electrons. The predicted molar refractivity (Wildman–Crippen MR) is 83.9 cm³/mol. The molecule has 1 aliphatic heterocycles. The van der Waals surface area contributed by atoms with Crippen LogP contribution in [0, 0.1) is 11.6 Å². The molecule has 11 heteroatoms. The number of halogens is 4. The molecule has 26 heavy (non-hydrogen) atoms. The maximum absolute atomic E-state index is 13.7. The zero-order valence-corrected chi connectivity index (χ0v) is 14.3. The van der Waals surface area contributed by atoms with Crippen LogP contribution < -0.4 is 0 Å². The van der Waals surface area contributed by atoms with Gasteiger partial charge in [0, 0.05) is 38.3 Å². The standard InChI is InChI=1S/C15H16F4N4O2S/c16-13-3-1-2-11(14(13)17)9-21-4-6-22(7-5-21)26(24,25)12-8-20-23(10-12)15(18)19/h1-3,8,10,15H,4-7,9H2. The van der Waals surface area contributed by atoms with E-state index in [1.54, 1.807) is 4.90 Å². The molecule has 3 rings (SSSR count). The Kier molecular flexibility index (Phi) is 5.30. The number of piperazine rings is 1. The molecule has 142 valence electrons. The number of aromatic nitrogens is 2. The lowest BCUT2D eigenvalue weighted by atomic mass is 10.2. The predicted octanol–water partition coefficient (Wildman–Crippen LogP) is 2.06. The van der Waals surface area contributed by atoms with Crippen LogP contribution >= 0.6 is 0 Å². The number of nitrogens with zero attached hydrogens (tertiary/aromatic N) is 4. The first-order valence-electron chi connectivity index (χ1n) is 7.77. The first-order valence-corrected chi connectivity index (χ1v) is 9.21. The van der Waals surface area contributed by atoms with Crippen molar-refractivity contribution in [3.05, 3.63) is 47.8 Å². The largest absolute Gasteiger partial charge is 0.333 e. The van der Waals surface area contributed by atoms with Crippen molar-refractivity contribution in [1.29, 1.82) is 0 Å². The summed E-state index contributed by atoms with van der Waals surface area (Å²) in [6.45, 7) is -1.94. The molecule has 0 amide bonds. The van der Waals surface area contributed by atoms with Gasteiger partial charge in [-0.2, -0.15) is 18.2 Å². The van der Waals surface area contributed by atoms with Crippen molar-refractivity contribution in [2.75, 3.05) is 26.2 Å². The van der Waals surface area contributed by atoms with E-state index in [-0.39, 0.29) is 34.8 Å². The quantitative estimate of drug-likeness (QED) is 0.731. The molecule has 0 spiro atoms. The van der Waals surface area contributed by atoms with Crippen molar-refractivity contribution in [2.45, 2.75) is 18.0 Å². The topological polar surface area (TPSA) is 58.4 Å². The van der Waals surface area contributed by atoms with Gasteiger partial charge in [0.05, 0.1) is 12.4 Å². The fraction of sp³-hybridized carbons (Fsp3) is 0.400. The summed E-state index contributed by atoms with van der Waals surface area (Å²) in [7, 11) is -3.93. The van der Waals surface area contributed by atoms with Crippen LogP contribution in [0.15, 0.2) is 35.5 Å². The Balaban J connectivity index is 1.65. The smallest absolute Gasteiger partial charge is 0.296 e. The van der Waals surface area contributed by atoms with Gasteiger partial charge in [-0.3, -0.25) is 4.90 Å². The Labute approximate surface area is 147 Å². The Morgan fingerprint density at radius 3 is 2.42 bits per heavy atom. The number of hydrogen-bond acceptors (Lipinski definition) is 4. The van der Waals surface area contributed by atoms with Gasteiger partial charge in [0.15, 0.2) is 11.6 Å².